The zero-order chi connectivity index (χ0) is 22.1. The summed E-state index contributed by atoms with van der Waals surface area (Å²) in [7, 11) is 2.97. The van der Waals surface area contributed by atoms with Crippen molar-refractivity contribution in [2.45, 2.75) is 13.3 Å². The smallest absolute Gasteiger partial charge is 0.310 e. The number of amides is 1. The van der Waals surface area contributed by atoms with Gasteiger partial charge in [-0.3, -0.25) is 19.7 Å². The van der Waals surface area contributed by atoms with Crippen LogP contribution in [0.2, 0.25) is 0 Å². The van der Waals surface area contributed by atoms with Crippen molar-refractivity contribution >= 4 is 23.3 Å². The number of nitro groups is 1. The predicted molar refractivity (Wildman–Crippen MR) is 107 cm³/mol. The van der Waals surface area contributed by atoms with Crippen molar-refractivity contribution in [3.05, 3.63) is 52.1 Å². The van der Waals surface area contributed by atoms with Crippen molar-refractivity contribution in [3.8, 4) is 17.2 Å². The first-order chi connectivity index (χ1) is 14.4. The first kappa shape index (κ1) is 22.5. The first-order valence-electron chi connectivity index (χ1n) is 8.95. The minimum atomic E-state index is -0.711. The first-order valence-corrected chi connectivity index (χ1v) is 8.95. The number of esters is 1. The number of ether oxygens (including phenoxy) is 4. The van der Waals surface area contributed by atoms with Crippen LogP contribution < -0.4 is 19.5 Å². The molecule has 0 spiro atoms. The van der Waals surface area contributed by atoms with E-state index in [1.54, 1.807) is 25.1 Å². The molecule has 0 aromatic heterocycles. The molecule has 1 N–H and O–H groups in total. The fourth-order valence-corrected chi connectivity index (χ4v) is 2.56. The summed E-state index contributed by atoms with van der Waals surface area (Å²) in [4.78, 5) is 34.7. The summed E-state index contributed by atoms with van der Waals surface area (Å²) >= 11 is 0. The number of carbonyl (C=O) groups excluding carboxylic acids is 2. The van der Waals surface area contributed by atoms with E-state index in [9.17, 15) is 19.7 Å². The number of hydrogen-bond donors (Lipinski definition) is 1. The van der Waals surface area contributed by atoms with Gasteiger partial charge >= 0.3 is 5.97 Å². The van der Waals surface area contributed by atoms with Gasteiger partial charge in [-0.15, -0.1) is 0 Å². The Morgan fingerprint density at radius 1 is 1.07 bits per heavy atom. The van der Waals surface area contributed by atoms with E-state index in [0.717, 1.165) is 0 Å². The number of rotatable bonds is 10. The van der Waals surface area contributed by atoms with Crippen LogP contribution in [0.5, 0.6) is 17.2 Å². The lowest BCUT2D eigenvalue weighted by molar-refractivity contribution is -0.384. The maximum absolute atomic E-state index is 12.1. The van der Waals surface area contributed by atoms with Gasteiger partial charge in [-0.05, 0) is 25.1 Å². The number of anilines is 1. The second-order valence-corrected chi connectivity index (χ2v) is 5.93. The Morgan fingerprint density at radius 2 is 1.80 bits per heavy atom. The van der Waals surface area contributed by atoms with E-state index in [-0.39, 0.29) is 17.8 Å². The maximum atomic E-state index is 12.1. The zero-order valence-electron chi connectivity index (χ0n) is 16.8. The highest BCUT2D eigenvalue weighted by atomic mass is 16.6. The molecule has 10 heteroatoms. The Hall–Kier alpha value is -3.82. The van der Waals surface area contributed by atoms with Gasteiger partial charge in [0.1, 0.15) is 22.9 Å². The molecule has 0 fully saturated rings. The van der Waals surface area contributed by atoms with Gasteiger partial charge < -0.3 is 24.3 Å². The van der Waals surface area contributed by atoms with Gasteiger partial charge in [-0.2, -0.15) is 0 Å². The molecule has 0 aliphatic carbocycles. The van der Waals surface area contributed by atoms with Crippen LogP contribution in [0, 0.1) is 10.1 Å². The number of nitrogens with one attached hydrogen (secondary N) is 1. The Balaban J connectivity index is 1.96. The summed E-state index contributed by atoms with van der Waals surface area (Å²) in [5.41, 5.74) is 0.204. The maximum Gasteiger partial charge on any atom is 0.310 e. The summed E-state index contributed by atoms with van der Waals surface area (Å²) in [6, 6.07) is 9.01. The van der Waals surface area contributed by atoms with E-state index < -0.39 is 23.4 Å². The lowest BCUT2D eigenvalue weighted by Gasteiger charge is -2.11. The summed E-state index contributed by atoms with van der Waals surface area (Å²) in [6.45, 7) is 1.50. The standard InChI is InChI=1S/C20H22N2O8/c1-4-29-15-7-8-16(17(10-15)22(25)26)21-19(23)12-30-20(24)9-13-5-6-14(27-2)11-18(13)28-3/h5-8,10-11H,4,9,12H2,1-3H3,(H,21,23). The van der Waals surface area contributed by atoms with Crippen molar-refractivity contribution in [1.29, 1.82) is 0 Å². The average Bonchev–Trinajstić information content (AvgIpc) is 2.73. The minimum Gasteiger partial charge on any atom is -0.497 e. The quantitative estimate of drug-likeness (QED) is 0.355. The Labute approximate surface area is 172 Å². The largest absolute Gasteiger partial charge is 0.497 e. The SMILES string of the molecule is CCOc1ccc(NC(=O)COC(=O)Cc2ccc(OC)cc2OC)c([N+](=O)[O-])c1. The van der Waals surface area contributed by atoms with Crippen LogP contribution in [0.3, 0.4) is 0 Å². The molecular formula is C20H22N2O8. The molecule has 30 heavy (non-hydrogen) atoms. The van der Waals surface area contributed by atoms with Crippen molar-refractivity contribution < 1.29 is 33.5 Å². The zero-order valence-corrected chi connectivity index (χ0v) is 16.8. The second kappa shape index (κ2) is 10.6. The minimum absolute atomic E-state index is 0.0266. The number of nitro benzene ring substituents is 1. The molecule has 160 valence electrons. The van der Waals surface area contributed by atoms with Crippen LogP contribution in [0.4, 0.5) is 11.4 Å². The predicted octanol–water partition coefficient (Wildman–Crippen LogP) is 2.74. The molecule has 2 rings (SSSR count). The number of hydrogen-bond acceptors (Lipinski definition) is 8. The van der Waals surface area contributed by atoms with Gasteiger partial charge in [0.2, 0.25) is 0 Å². The number of carbonyl (C=O) groups is 2. The molecule has 1 amide bonds. The van der Waals surface area contributed by atoms with Crippen LogP contribution in [0.1, 0.15) is 12.5 Å². The van der Waals surface area contributed by atoms with E-state index in [0.29, 0.717) is 29.4 Å². The third-order valence-corrected chi connectivity index (χ3v) is 3.94. The number of nitrogens with zero attached hydrogens (tertiary/aromatic N) is 1. The summed E-state index contributed by atoms with van der Waals surface area (Å²) in [6.07, 6.45) is -0.121. The van der Waals surface area contributed by atoms with Crippen molar-refractivity contribution in [2.75, 3.05) is 32.8 Å². The van der Waals surface area contributed by atoms with Crippen molar-refractivity contribution in [2.24, 2.45) is 0 Å². The Kier molecular flexibility index (Phi) is 7.98. The van der Waals surface area contributed by atoms with Crippen molar-refractivity contribution in [3.63, 3.8) is 0 Å². The molecule has 2 aromatic rings. The number of benzene rings is 2. The summed E-state index contributed by atoms with van der Waals surface area (Å²) < 4.78 is 20.5. The second-order valence-electron chi connectivity index (χ2n) is 5.93. The highest BCUT2D eigenvalue weighted by Crippen LogP contribution is 2.29. The lowest BCUT2D eigenvalue weighted by Crippen LogP contribution is -2.22. The molecule has 0 atom stereocenters. The van der Waals surface area contributed by atoms with Gasteiger partial charge in [-0.1, -0.05) is 6.07 Å². The summed E-state index contributed by atoms with van der Waals surface area (Å²) in [5.74, 6) is -0.0461. The monoisotopic (exact) mass is 418 g/mol. The van der Waals surface area contributed by atoms with E-state index >= 15 is 0 Å². The topological polar surface area (TPSA) is 126 Å². The van der Waals surface area contributed by atoms with E-state index in [4.69, 9.17) is 18.9 Å². The molecule has 0 aliphatic rings. The van der Waals surface area contributed by atoms with Gasteiger partial charge in [0.25, 0.3) is 11.6 Å². The third kappa shape index (κ3) is 6.09. The van der Waals surface area contributed by atoms with E-state index in [1.807, 2.05) is 0 Å². The molecule has 2 aromatic carbocycles. The molecule has 0 radical (unpaired) electrons. The normalized spacial score (nSPS) is 10.1. The highest BCUT2D eigenvalue weighted by Gasteiger charge is 2.18. The van der Waals surface area contributed by atoms with Crippen LogP contribution in [0.25, 0.3) is 0 Å². The average molecular weight is 418 g/mol. The fourth-order valence-electron chi connectivity index (χ4n) is 2.56. The fraction of sp³-hybridized carbons (Fsp3) is 0.300. The van der Waals surface area contributed by atoms with Crippen LogP contribution >= 0.6 is 0 Å². The van der Waals surface area contributed by atoms with Gasteiger partial charge in [0.15, 0.2) is 6.61 Å². The Morgan fingerprint density at radius 3 is 2.43 bits per heavy atom. The summed E-state index contributed by atoms with van der Waals surface area (Å²) in [5, 5.41) is 13.6. The Bertz CT molecular complexity index is 929. The van der Waals surface area contributed by atoms with Crippen LogP contribution in [-0.4, -0.2) is 44.2 Å². The van der Waals surface area contributed by atoms with Gasteiger partial charge in [0.05, 0.1) is 38.2 Å². The van der Waals surface area contributed by atoms with Crippen LogP contribution in [-0.2, 0) is 20.7 Å². The van der Waals surface area contributed by atoms with Gasteiger partial charge in [-0.25, -0.2) is 0 Å². The number of methoxy groups -OCH3 is 2. The molecular weight excluding hydrogens is 396 g/mol. The van der Waals surface area contributed by atoms with E-state index in [1.165, 1.54) is 32.4 Å². The van der Waals surface area contributed by atoms with Crippen molar-refractivity contribution in [1.82, 2.24) is 0 Å². The van der Waals surface area contributed by atoms with E-state index in [2.05, 4.69) is 5.32 Å². The van der Waals surface area contributed by atoms with Gasteiger partial charge in [0, 0.05) is 11.6 Å². The van der Waals surface area contributed by atoms with Crippen LogP contribution in [0.15, 0.2) is 36.4 Å². The molecule has 0 saturated carbocycles. The highest BCUT2D eigenvalue weighted by molar-refractivity contribution is 5.95. The molecule has 0 bridgehead atoms. The molecule has 0 saturated heterocycles. The molecule has 0 aliphatic heterocycles. The lowest BCUT2D eigenvalue weighted by atomic mass is 10.1. The molecule has 10 nitrogen and oxygen atoms in total. The third-order valence-electron chi connectivity index (χ3n) is 3.94. The molecule has 0 unspecified atom stereocenters. The molecule has 0 heterocycles.